The number of amides is 1. The number of hydrogen-bond donors (Lipinski definition) is 2. The normalized spacial score (nSPS) is 10.2. The molecule has 6 heteroatoms. The Morgan fingerprint density at radius 1 is 1.26 bits per heavy atom. The van der Waals surface area contributed by atoms with Crippen LogP contribution in [0.5, 0.6) is 0 Å². The van der Waals surface area contributed by atoms with Crippen molar-refractivity contribution in [1.29, 1.82) is 0 Å². The molecule has 0 radical (unpaired) electrons. The summed E-state index contributed by atoms with van der Waals surface area (Å²) in [5.41, 5.74) is 1.48. The van der Waals surface area contributed by atoms with Crippen molar-refractivity contribution in [2.45, 2.75) is 6.54 Å². The fourth-order valence-electron chi connectivity index (χ4n) is 1.61. The second-order valence-corrected chi connectivity index (χ2v) is 4.09. The molecular weight excluding hydrogens is 246 g/mol. The Bertz CT molecular complexity index is 602. The number of carbonyl (C=O) groups excluding carboxylic acids is 1. The Labute approximate surface area is 109 Å². The molecule has 0 aliphatic carbocycles. The van der Waals surface area contributed by atoms with Gasteiger partial charge in [0, 0.05) is 30.9 Å². The molecule has 1 aromatic carbocycles. The van der Waals surface area contributed by atoms with Gasteiger partial charge in [0.05, 0.1) is 11.8 Å². The lowest BCUT2D eigenvalue weighted by Gasteiger charge is -2.03. The lowest BCUT2D eigenvalue weighted by molar-refractivity contribution is 0.0696. The van der Waals surface area contributed by atoms with Crippen molar-refractivity contribution < 1.29 is 14.7 Å². The second-order valence-electron chi connectivity index (χ2n) is 4.09. The minimum absolute atomic E-state index is 0.156. The van der Waals surface area contributed by atoms with Crippen LogP contribution in [0.3, 0.4) is 0 Å². The van der Waals surface area contributed by atoms with E-state index < -0.39 is 5.97 Å². The highest BCUT2D eigenvalue weighted by molar-refractivity contribution is 5.95. The minimum atomic E-state index is -1.01. The van der Waals surface area contributed by atoms with Crippen LogP contribution >= 0.6 is 0 Å². The molecule has 2 rings (SSSR count). The van der Waals surface area contributed by atoms with Gasteiger partial charge >= 0.3 is 5.97 Å². The summed E-state index contributed by atoms with van der Waals surface area (Å²) in [5, 5.41) is 15.5. The second kappa shape index (κ2) is 5.34. The molecule has 2 aromatic rings. The highest BCUT2D eigenvalue weighted by atomic mass is 16.4. The molecule has 6 nitrogen and oxygen atoms in total. The van der Waals surface area contributed by atoms with E-state index in [9.17, 15) is 9.59 Å². The topological polar surface area (TPSA) is 84.2 Å². The number of nitrogens with one attached hydrogen (secondary N) is 1. The first-order chi connectivity index (χ1) is 9.06. The van der Waals surface area contributed by atoms with Gasteiger partial charge in [-0.1, -0.05) is 0 Å². The van der Waals surface area contributed by atoms with Gasteiger partial charge in [-0.25, -0.2) is 4.79 Å². The van der Waals surface area contributed by atoms with Crippen molar-refractivity contribution in [2.24, 2.45) is 7.05 Å². The quantitative estimate of drug-likeness (QED) is 0.859. The standard InChI is InChI=1S/C13H13N3O3/c1-16-8-9(7-15-16)6-14-12(17)10-2-4-11(5-3-10)13(18)19/h2-5,7-8H,6H2,1H3,(H,14,17)(H,18,19). The van der Waals surface area contributed by atoms with Crippen LogP contribution in [0.1, 0.15) is 26.3 Å². The molecule has 0 saturated heterocycles. The molecule has 1 heterocycles. The molecule has 0 spiro atoms. The van der Waals surface area contributed by atoms with E-state index in [0.717, 1.165) is 5.56 Å². The van der Waals surface area contributed by atoms with Crippen molar-refractivity contribution in [3.05, 3.63) is 53.3 Å². The summed E-state index contributed by atoms with van der Waals surface area (Å²) in [5.74, 6) is -1.26. The van der Waals surface area contributed by atoms with Crippen LogP contribution in [-0.4, -0.2) is 26.8 Å². The SMILES string of the molecule is Cn1cc(CNC(=O)c2ccc(C(=O)O)cc2)cn1. The summed E-state index contributed by atoms with van der Waals surface area (Å²) in [6.07, 6.45) is 3.49. The van der Waals surface area contributed by atoms with E-state index in [0.29, 0.717) is 12.1 Å². The van der Waals surface area contributed by atoms with Gasteiger partial charge in [0.15, 0.2) is 0 Å². The summed E-state index contributed by atoms with van der Waals surface area (Å²) in [6.45, 7) is 0.382. The van der Waals surface area contributed by atoms with Crippen LogP contribution in [0.4, 0.5) is 0 Å². The number of rotatable bonds is 4. The van der Waals surface area contributed by atoms with E-state index in [-0.39, 0.29) is 11.5 Å². The van der Waals surface area contributed by atoms with Crippen LogP contribution in [-0.2, 0) is 13.6 Å². The first-order valence-corrected chi connectivity index (χ1v) is 5.65. The van der Waals surface area contributed by atoms with Gasteiger partial charge in [0.2, 0.25) is 0 Å². The number of aromatic nitrogens is 2. The number of hydrogen-bond acceptors (Lipinski definition) is 3. The predicted octanol–water partition coefficient (Wildman–Crippen LogP) is 1.05. The number of nitrogens with zero attached hydrogens (tertiary/aromatic N) is 2. The lowest BCUT2D eigenvalue weighted by atomic mass is 10.1. The van der Waals surface area contributed by atoms with E-state index in [4.69, 9.17) is 5.11 Å². The highest BCUT2D eigenvalue weighted by Gasteiger charge is 2.07. The largest absolute Gasteiger partial charge is 0.478 e. The third kappa shape index (κ3) is 3.19. The minimum Gasteiger partial charge on any atom is -0.478 e. The van der Waals surface area contributed by atoms with Crippen molar-refractivity contribution in [3.8, 4) is 0 Å². The van der Waals surface area contributed by atoms with E-state index in [2.05, 4.69) is 10.4 Å². The molecule has 1 aromatic heterocycles. The number of carbonyl (C=O) groups is 2. The smallest absolute Gasteiger partial charge is 0.335 e. The van der Waals surface area contributed by atoms with Crippen molar-refractivity contribution in [2.75, 3.05) is 0 Å². The average Bonchev–Trinajstić information content (AvgIpc) is 2.82. The molecule has 0 fully saturated rings. The zero-order chi connectivity index (χ0) is 13.8. The Morgan fingerprint density at radius 3 is 2.42 bits per heavy atom. The first kappa shape index (κ1) is 12.8. The molecular formula is C13H13N3O3. The molecule has 0 atom stereocenters. The van der Waals surface area contributed by atoms with E-state index in [1.54, 1.807) is 17.9 Å². The van der Waals surface area contributed by atoms with Gasteiger partial charge in [-0.05, 0) is 24.3 Å². The van der Waals surface area contributed by atoms with Gasteiger partial charge < -0.3 is 10.4 Å². The summed E-state index contributed by atoms with van der Waals surface area (Å²) in [6, 6.07) is 5.78. The number of carboxylic acid groups (broad SMARTS) is 1. The summed E-state index contributed by atoms with van der Waals surface area (Å²) < 4.78 is 1.66. The van der Waals surface area contributed by atoms with Crippen LogP contribution in [0.2, 0.25) is 0 Å². The third-order valence-corrected chi connectivity index (χ3v) is 2.61. The fourth-order valence-corrected chi connectivity index (χ4v) is 1.61. The van der Waals surface area contributed by atoms with Crippen molar-refractivity contribution in [1.82, 2.24) is 15.1 Å². The molecule has 98 valence electrons. The molecule has 1 amide bonds. The third-order valence-electron chi connectivity index (χ3n) is 2.61. The van der Waals surface area contributed by atoms with Gasteiger partial charge in [-0.15, -0.1) is 0 Å². The van der Waals surface area contributed by atoms with Crippen LogP contribution in [0.25, 0.3) is 0 Å². The average molecular weight is 259 g/mol. The molecule has 0 saturated carbocycles. The Kier molecular flexibility index (Phi) is 3.61. The van der Waals surface area contributed by atoms with Gasteiger partial charge in [-0.3, -0.25) is 9.48 Å². The first-order valence-electron chi connectivity index (χ1n) is 5.65. The Hall–Kier alpha value is -2.63. The predicted molar refractivity (Wildman–Crippen MR) is 67.8 cm³/mol. The summed E-state index contributed by atoms with van der Waals surface area (Å²) in [4.78, 5) is 22.5. The van der Waals surface area contributed by atoms with Gasteiger partial charge in [0.1, 0.15) is 0 Å². The Balaban J connectivity index is 1.98. The highest BCUT2D eigenvalue weighted by Crippen LogP contribution is 2.05. The van der Waals surface area contributed by atoms with Crippen LogP contribution < -0.4 is 5.32 Å². The fraction of sp³-hybridized carbons (Fsp3) is 0.154. The molecule has 0 aliphatic rings. The van der Waals surface area contributed by atoms with Crippen LogP contribution in [0, 0.1) is 0 Å². The molecule has 0 aliphatic heterocycles. The number of benzene rings is 1. The van der Waals surface area contributed by atoms with Crippen LogP contribution in [0.15, 0.2) is 36.7 Å². The summed E-state index contributed by atoms with van der Waals surface area (Å²) >= 11 is 0. The monoisotopic (exact) mass is 259 g/mol. The Morgan fingerprint density at radius 2 is 1.89 bits per heavy atom. The van der Waals surface area contributed by atoms with E-state index in [1.807, 2.05) is 6.20 Å². The maximum Gasteiger partial charge on any atom is 0.335 e. The van der Waals surface area contributed by atoms with Gasteiger partial charge in [0.25, 0.3) is 5.91 Å². The van der Waals surface area contributed by atoms with Gasteiger partial charge in [-0.2, -0.15) is 5.10 Å². The zero-order valence-electron chi connectivity index (χ0n) is 10.3. The van der Waals surface area contributed by atoms with E-state index in [1.165, 1.54) is 24.3 Å². The van der Waals surface area contributed by atoms with Crippen molar-refractivity contribution in [3.63, 3.8) is 0 Å². The zero-order valence-corrected chi connectivity index (χ0v) is 10.3. The van der Waals surface area contributed by atoms with Crippen molar-refractivity contribution >= 4 is 11.9 Å². The summed E-state index contributed by atoms with van der Waals surface area (Å²) in [7, 11) is 1.80. The molecule has 0 bridgehead atoms. The van der Waals surface area contributed by atoms with E-state index >= 15 is 0 Å². The molecule has 19 heavy (non-hydrogen) atoms. The molecule has 2 N–H and O–H groups in total. The molecule has 0 unspecified atom stereocenters. The maximum absolute atomic E-state index is 11.8. The number of carboxylic acids is 1. The maximum atomic E-state index is 11.8. The number of aryl methyl sites for hydroxylation is 1. The number of aromatic carboxylic acids is 1. The lowest BCUT2D eigenvalue weighted by Crippen LogP contribution is -2.22.